The molecule has 1 N–H and O–H groups in total. The molecule has 5 heteroatoms. The number of aliphatic hydroxyl groups excluding tert-OH is 1. The molecule has 1 rings (SSSR count). The van der Waals surface area contributed by atoms with Crippen molar-refractivity contribution in [3.05, 3.63) is 0 Å². The van der Waals surface area contributed by atoms with E-state index in [0.717, 1.165) is 0 Å². The van der Waals surface area contributed by atoms with Crippen molar-refractivity contribution < 1.29 is 18.6 Å². The summed E-state index contributed by atoms with van der Waals surface area (Å²) in [7, 11) is 0. The van der Waals surface area contributed by atoms with Crippen LogP contribution in [0.5, 0.6) is 0 Å². The lowest BCUT2D eigenvalue weighted by Gasteiger charge is -2.21. The number of ether oxygens (including phenoxy) is 1. The number of hydrogen-bond acceptors (Lipinski definition) is 3. The van der Waals surface area contributed by atoms with Crippen molar-refractivity contribution in [1.29, 1.82) is 0 Å². The number of β-amino-alcohol motifs (C(OH)–C–C–N with tert-alkyl or cyclic N) is 1. The molecular weight excluding hydrogens is 192 g/mol. The van der Waals surface area contributed by atoms with Crippen molar-refractivity contribution in [2.24, 2.45) is 0 Å². The Bertz CT molecular complexity index is 178. The van der Waals surface area contributed by atoms with Crippen LogP contribution < -0.4 is 0 Å². The Hall–Kier alpha value is -0.260. The average Bonchev–Trinajstić information content (AvgIpc) is 2.38. The van der Waals surface area contributed by atoms with Gasteiger partial charge in [-0.25, -0.2) is 8.78 Å². The minimum atomic E-state index is -2.63. The monoisotopic (exact) mass is 209 g/mol. The molecule has 0 aliphatic carbocycles. The van der Waals surface area contributed by atoms with E-state index in [1.165, 1.54) is 0 Å². The molecule has 3 nitrogen and oxygen atoms in total. The van der Waals surface area contributed by atoms with Gasteiger partial charge in [-0.15, -0.1) is 0 Å². The Balaban J connectivity index is 2.44. The number of halogens is 2. The molecule has 1 fully saturated rings. The van der Waals surface area contributed by atoms with Gasteiger partial charge in [-0.3, -0.25) is 4.90 Å². The van der Waals surface area contributed by atoms with Gasteiger partial charge in [-0.2, -0.15) is 0 Å². The van der Waals surface area contributed by atoms with Gasteiger partial charge in [0.05, 0.1) is 19.8 Å². The van der Waals surface area contributed by atoms with Gasteiger partial charge in [0.2, 0.25) is 0 Å². The van der Waals surface area contributed by atoms with Crippen molar-refractivity contribution in [3.8, 4) is 0 Å². The normalized spacial score (nSPS) is 27.0. The third kappa shape index (κ3) is 3.15. The summed E-state index contributed by atoms with van der Waals surface area (Å²) in [6.07, 6.45) is -0.160. The number of nitrogens with zero attached hydrogens (tertiary/aromatic N) is 1. The molecule has 0 spiro atoms. The molecule has 0 unspecified atom stereocenters. The number of likely N-dealkylation sites (tertiary alicyclic amines) is 1. The van der Waals surface area contributed by atoms with Crippen LogP contribution in [0.15, 0.2) is 0 Å². The lowest BCUT2D eigenvalue weighted by atomic mass is 10.2. The van der Waals surface area contributed by atoms with Crippen LogP contribution in [0, 0.1) is 0 Å². The zero-order valence-corrected chi connectivity index (χ0v) is 8.38. The largest absolute Gasteiger partial charge is 0.395 e. The van der Waals surface area contributed by atoms with Crippen molar-refractivity contribution in [2.75, 3.05) is 32.9 Å². The first kappa shape index (κ1) is 11.8. The Kier molecular flexibility index (Phi) is 4.22. The number of hydrogen-bond donors (Lipinski definition) is 1. The van der Waals surface area contributed by atoms with E-state index in [0.29, 0.717) is 19.8 Å². The third-order valence-electron chi connectivity index (χ3n) is 2.39. The number of aliphatic hydroxyl groups is 1. The predicted molar refractivity (Wildman–Crippen MR) is 48.5 cm³/mol. The Morgan fingerprint density at radius 1 is 1.57 bits per heavy atom. The van der Waals surface area contributed by atoms with E-state index in [2.05, 4.69) is 0 Å². The van der Waals surface area contributed by atoms with Crippen LogP contribution >= 0.6 is 0 Å². The predicted octanol–water partition coefficient (Wildman–Crippen LogP) is 0.725. The molecule has 0 saturated carbocycles. The van der Waals surface area contributed by atoms with Crippen LogP contribution in [0.2, 0.25) is 0 Å². The molecule has 0 bridgehead atoms. The molecular formula is C9H17F2NO2. The second kappa shape index (κ2) is 5.00. The first-order chi connectivity index (χ1) is 6.59. The maximum Gasteiger partial charge on any atom is 0.262 e. The SMILES string of the molecule is CCOC[C@@H]1CC(F)(F)CN1CCO. The van der Waals surface area contributed by atoms with E-state index in [-0.39, 0.29) is 25.6 Å². The van der Waals surface area contributed by atoms with E-state index >= 15 is 0 Å². The Morgan fingerprint density at radius 3 is 2.86 bits per heavy atom. The van der Waals surface area contributed by atoms with Gasteiger partial charge < -0.3 is 9.84 Å². The smallest absolute Gasteiger partial charge is 0.262 e. The molecule has 0 amide bonds. The molecule has 0 aromatic rings. The highest BCUT2D eigenvalue weighted by Crippen LogP contribution is 2.31. The second-order valence-electron chi connectivity index (χ2n) is 3.57. The topological polar surface area (TPSA) is 32.7 Å². The van der Waals surface area contributed by atoms with Crippen LogP contribution in [0.25, 0.3) is 0 Å². The Morgan fingerprint density at radius 2 is 2.29 bits per heavy atom. The summed E-state index contributed by atoms with van der Waals surface area (Å²) in [5, 5.41) is 8.71. The van der Waals surface area contributed by atoms with Crippen molar-refractivity contribution in [3.63, 3.8) is 0 Å². The van der Waals surface area contributed by atoms with Gasteiger partial charge in [0.1, 0.15) is 0 Å². The molecule has 14 heavy (non-hydrogen) atoms. The highest BCUT2D eigenvalue weighted by molar-refractivity contribution is 4.90. The van der Waals surface area contributed by atoms with Crippen LogP contribution in [-0.2, 0) is 4.74 Å². The lowest BCUT2D eigenvalue weighted by Crippen LogP contribution is -2.35. The van der Waals surface area contributed by atoms with Gasteiger partial charge in [0, 0.05) is 25.6 Å². The quantitative estimate of drug-likeness (QED) is 0.724. The van der Waals surface area contributed by atoms with Crippen molar-refractivity contribution in [1.82, 2.24) is 4.90 Å². The fourth-order valence-electron chi connectivity index (χ4n) is 1.77. The van der Waals surface area contributed by atoms with Gasteiger partial charge in [0.15, 0.2) is 0 Å². The zero-order valence-electron chi connectivity index (χ0n) is 8.38. The van der Waals surface area contributed by atoms with E-state index in [1.807, 2.05) is 6.92 Å². The first-order valence-corrected chi connectivity index (χ1v) is 4.89. The summed E-state index contributed by atoms with van der Waals surface area (Å²) >= 11 is 0. The summed E-state index contributed by atoms with van der Waals surface area (Å²) in [6, 6.07) is -0.253. The van der Waals surface area contributed by atoms with Crippen LogP contribution in [0.3, 0.4) is 0 Å². The van der Waals surface area contributed by atoms with Crippen molar-refractivity contribution in [2.45, 2.75) is 25.3 Å². The summed E-state index contributed by atoms with van der Waals surface area (Å²) in [4.78, 5) is 1.59. The average molecular weight is 209 g/mol. The molecule has 0 radical (unpaired) electrons. The van der Waals surface area contributed by atoms with Gasteiger partial charge in [-0.1, -0.05) is 0 Å². The molecule has 1 saturated heterocycles. The maximum atomic E-state index is 13.0. The van der Waals surface area contributed by atoms with E-state index in [1.54, 1.807) is 4.90 Å². The number of alkyl halides is 2. The van der Waals surface area contributed by atoms with E-state index in [4.69, 9.17) is 9.84 Å². The van der Waals surface area contributed by atoms with E-state index in [9.17, 15) is 8.78 Å². The summed E-state index contributed by atoms with van der Waals surface area (Å²) in [5.41, 5.74) is 0. The van der Waals surface area contributed by atoms with Gasteiger partial charge >= 0.3 is 0 Å². The van der Waals surface area contributed by atoms with Crippen molar-refractivity contribution >= 4 is 0 Å². The summed E-state index contributed by atoms with van der Waals surface area (Å²) in [5.74, 6) is -2.63. The molecule has 1 heterocycles. The highest BCUT2D eigenvalue weighted by Gasteiger charge is 2.44. The highest BCUT2D eigenvalue weighted by atomic mass is 19.3. The fourth-order valence-corrected chi connectivity index (χ4v) is 1.77. The second-order valence-corrected chi connectivity index (χ2v) is 3.57. The lowest BCUT2D eigenvalue weighted by molar-refractivity contribution is 0.0105. The molecule has 0 aromatic carbocycles. The number of rotatable bonds is 5. The fraction of sp³-hybridized carbons (Fsp3) is 1.00. The molecule has 1 atom stereocenters. The van der Waals surface area contributed by atoms with Crippen LogP contribution in [0.4, 0.5) is 8.78 Å². The minimum Gasteiger partial charge on any atom is -0.395 e. The Labute approximate surface area is 82.7 Å². The summed E-state index contributed by atoms with van der Waals surface area (Å²) < 4.78 is 31.2. The molecule has 1 aliphatic heterocycles. The minimum absolute atomic E-state index is 0.0846. The summed E-state index contributed by atoms with van der Waals surface area (Å²) in [6.45, 7) is 2.65. The zero-order chi connectivity index (χ0) is 10.6. The standard InChI is InChI=1S/C9H17F2NO2/c1-2-14-6-8-5-9(10,11)7-12(8)3-4-13/h8,13H,2-7H2,1H3/t8-/m0/s1. The van der Waals surface area contributed by atoms with Gasteiger partial charge in [0.25, 0.3) is 5.92 Å². The van der Waals surface area contributed by atoms with Crippen LogP contribution in [-0.4, -0.2) is 54.9 Å². The third-order valence-corrected chi connectivity index (χ3v) is 2.39. The maximum absolute atomic E-state index is 13.0. The molecule has 0 aromatic heterocycles. The molecule has 84 valence electrons. The van der Waals surface area contributed by atoms with E-state index < -0.39 is 5.92 Å². The van der Waals surface area contributed by atoms with Crippen LogP contribution in [0.1, 0.15) is 13.3 Å². The van der Waals surface area contributed by atoms with Gasteiger partial charge in [-0.05, 0) is 6.92 Å². The first-order valence-electron chi connectivity index (χ1n) is 4.89. The molecule has 1 aliphatic rings.